The lowest BCUT2D eigenvalue weighted by atomic mass is 9.99. The highest BCUT2D eigenvalue weighted by Crippen LogP contribution is 2.37. The van der Waals surface area contributed by atoms with Gasteiger partial charge in [0.2, 0.25) is 5.91 Å². The monoisotopic (exact) mass is 355 g/mol. The Morgan fingerprint density at radius 1 is 1.48 bits per heavy atom. The smallest absolute Gasteiger partial charge is 0.305 e. The van der Waals surface area contributed by atoms with Crippen LogP contribution in [0.4, 0.5) is 0 Å². The number of carboxylic acid groups (broad SMARTS) is 1. The summed E-state index contributed by atoms with van der Waals surface area (Å²) in [5.74, 6) is -0.630. The van der Waals surface area contributed by atoms with Gasteiger partial charge in [0.05, 0.1) is 6.42 Å². The van der Waals surface area contributed by atoms with Gasteiger partial charge in [-0.2, -0.15) is 0 Å². The highest BCUT2D eigenvalue weighted by molar-refractivity contribution is 9.10. The Morgan fingerprint density at radius 2 is 2.19 bits per heavy atom. The molecule has 1 aliphatic heterocycles. The second-order valence-corrected chi connectivity index (χ2v) is 6.23. The van der Waals surface area contributed by atoms with E-state index in [-0.39, 0.29) is 30.8 Å². The summed E-state index contributed by atoms with van der Waals surface area (Å²) < 4.78 is 6.45. The van der Waals surface area contributed by atoms with Gasteiger partial charge in [-0.3, -0.25) is 9.59 Å². The van der Waals surface area contributed by atoms with Crippen molar-refractivity contribution in [2.45, 2.75) is 32.2 Å². The third-order valence-corrected chi connectivity index (χ3v) is 4.02. The number of fused-ring (bicyclic) bond motifs is 1. The van der Waals surface area contributed by atoms with Gasteiger partial charge >= 0.3 is 5.97 Å². The maximum atomic E-state index is 12.7. The highest BCUT2D eigenvalue weighted by Gasteiger charge is 2.34. The van der Waals surface area contributed by atoms with Gasteiger partial charge in [0, 0.05) is 22.6 Å². The number of rotatable bonds is 5. The molecule has 1 heterocycles. The fourth-order valence-electron chi connectivity index (χ4n) is 2.43. The predicted octanol–water partition coefficient (Wildman–Crippen LogP) is 2.64. The number of hydrogen-bond donors (Lipinski definition) is 1. The quantitative estimate of drug-likeness (QED) is 0.881. The lowest BCUT2D eigenvalue weighted by molar-refractivity contribution is -0.139. The van der Waals surface area contributed by atoms with E-state index >= 15 is 0 Å². The first-order chi connectivity index (χ1) is 9.90. The minimum Gasteiger partial charge on any atom is -0.492 e. The van der Waals surface area contributed by atoms with Crippen molar-refractivity contribution in [1.82, 2.24) is 4.90 Å². The van der Waals surface area contributed by atoms with Crippen molar-refractivity contribution in [2.24, 2.45) is 0 Å². The Morgan fingerprint density at radius 3 is 2.81 bits per heavy atom. The molecule has 114 valence electrons. The molecule has 0 spiro atoms. The number of carbonyl (C=O) groups is 2. The summed E-state index contributed by atoms with van der Waals surface area (Å²) in [4.78, 5) is 25.1. The van der Waals surface area contributed by atoms with Crippen LogP contribution in [0.3, 0.4) is 0 Å². The predicted molar refractivity (Wildman–Crippen MR) is 81.5 cm³/mol. The summed E-state index contributed by atoms with van der Waals surface area (Å²) >= 11 is 3.40. The van der Waals surface area contributed by atoms with Crippen molar-refractivity contribution in [1.29, 1.82) is 0 Å². The average Bonchev–Trinajstić information content (AvgIpc) is 2.80. The number of carbonyl (C=O) groups excluding carboxylic acids is 1. The Hall–Kier alpha value is -1.56. The fourth-order valence-corrected chi connectivity index (χ4v) is 2.81. The van der Waals surface area contributed by atoms with Gasteiger partial charge in [-0.1, -0.05) is 15.9 Å². The lowest BCUT2D eigenvalue weighted by Crippen LogP contribution is -2.41. The molecule has 2 rings (SSSR count). The molecule has 6 heteroatoms. The van der Waals surface area contributed by atoms with E-state index in [4.69, 9.17) is 9.84 Å². The maximum absolute atomic E-state index is 12.7. The van der Waals surface area contributed by atoms with Crippen LogP contribution in [-0.2, 0) is 9.59 Å². The largest absolute Gasteiger partial charge is 0.492 e. The summed E-state index contributed by atoms with van der Waals surface area (Å²) in [5.41, 5.74) is 0.857. The van der Waals surface area contributed by atoms with Crippen LogP contribution < -0.4 is 4.74 Å². The zero-order valence-corrected chi connectivity index (χ0v) is 13.6. The van der Waals surface area contributed by atoms with Gasteiger partial charge in [-0.15, -0.1) is 0 Å². The van der Waals surface area contributed by atoms with Crippen molar-refractivity contribution >= 4 is 27.8 Å². The number of nitrogens with zero attached hydrogens (tertiary/aromatic N) is 1. The number of aliphatic carboxylic acids is 1. The molecule has 1 N–H and O–H groups in total. The molecule has 1 aliphatic rings. The first kappa shape index (κ1) is 15.8. The third kappa shape index (κ3) is 3.56. The standard InChI is InChI=1S/C15H18BrNO4/c1-9(2)17(6-5-14(18)19)15(20)12-8-21-13-4-3-10(16)7-11(12)13/h3-4,7,9,12H,5-6,8H2,1-2H3,(H,18,19). The van der Waals surface area contributed by atoms with E-state index in [9.17, 15) is 9.59 Å². The molecule has 0 saturated heterocycles. The SMILES string of the molecule is CC(C)N(CCC(=O)O)C(=O)C1COc2ccc(Br)cc21. The molecule has 0 saturated carbocycles. The second kappa shape index (κ2) is 6.47. The number of amides is 1. The highest BCUT2D eigenvalue weighted by atomic mass is 79.9. The Labute approximate surface area is 132 Å². The van der Waals surface area contributed by atoms with Crippen molar-refractivity contribution in [3.05, 3.63) is 28.2 Å². The minimum atomic E-state index is -0.903. The van der Waals surface area contributed by atoms with Gasteiger partial charge in [0.15, 0.2) is 0 Å². The molecule has 5 nitrogen and oxygen atoms in total. The van der Waals surface area contributed by atoms with E-state index in [0.29, 0.717) is 6.61 Å². The van der Waals surface area contributed by atoms with Gasteiger partial charge < -0.3 is 14.7 Å². The molecule has 0 aliphatic carbocycles. The van der Waals surface area contributed by atoms with Crippen LogP contribution >= 0.6 is 15.9 Å². The van der Waals surface area contributed by atoms with E-state index in [0.717, 1.165) is 15.8 Å². The van der Waals surface area contributed by atoms with Crippen molar-refractivity contribution < 1.29 is 19.4 Å². The molecule has 1 atom stereocenters. The summed E-state index contributed by atoms with van der Waals surface area (Å²) in [5, 5.41) is 8.82. The Bertz CT molecular complexity index is 559. The van der Waals surface area contributed by atoms with E-state index in [1.165, 1.54) is 0 Å². The molecule has 0 fully saturated rings. The van der Waals surface area contributed by atoms with Crippen molar-refractivity contribution in [3.63, 3.8) is 0 Å². The topological polar surface area (TPSA) is 66.8 Å². The van der Waals surface area contributed by atoms with E-state index in [2.05, 4.69) is 15.9 Å². The molecular formula is C15H18BrNO4. The van der Waals surface area contributed by atoms with Crippen LogP contribution in [0.25, 0.3) is 0 Å². The first-order valence-corrected chi connectivity index (χ1v) is 7.64. The molecule has 0 radical (unpaired) electrons. The zero-order chi connectivity index (χ0) is 15.6. The van der Waals surface area contributed by atoms with Crippen LogP contribution in [0.1, 0.15) is 31.7 Å². The lowest BCUT2D eigenvalue weighted by Gasteiger charge is -2.28. The molecule has 1 aromatic carbocycles. The molecule has 1 aromatic rings. The number of halogens is 1. The minimum absolute atomic E-state index is 0.0481. The fraction of sp³-hybridized carbons (Fsp3) is 0.467. The Balaban J connectivity index is 2.19. The van der Waals surface area contributed by atoms with Crippen LogP contribution in [0.5, 0.6) is 5.75 Å². The molecule has 1 amide bonds. The van der Waals surface area contributed by atoms with Crippen molar-refractivity contribution in [3.8, 4) is 5.75 Å². The van der Waals surface area contributed by atoms with Gasteiger partial charge in [0.25, 0.3) is 0 Å². The van der Waals surface area contributed by atoms with Crippen LogP contribution in [0.2, 0.25) is 0 Å². The summed E-state index contributed by atoms with van der Waals surface area (Å²) in [6.07, 6.45) is -0.0527. The van der Waals surface area contributed by atoms with Gasteiger partial charge in [-0.05, 0) is 32.0 Å². The number of carboxylic acids is 1. The molecule has 21 heavy (non-hydrogen) atoms. The van der Waals surface area contributed by atoms with Gasteiger partial charge in [0.1, 0.15) is 18.3 Å². The first-order valence-electron chi connectivity index (χ1n) is 6.84. The van der Waals surface area contributed by atoms with Gasteiger partial charge in [-0.25, -0.2) is 0 Å². The van der Waals surface area contributed by atoms with E-state index < -0.39 is 5.97 Å². The van der Waals surface area contributed by atoms with Crippen LogP contribution in [0.15, 0.2) is 22.7 Å². The van der Waals surface area contributed by atoms with E-state index in [1.807, 2.05) is 32.0 Å². The summed E-state index contributed by atoms with van der Waals surface area (Å²) in [7, 11) is 0. The summed E-state index contributed by atoms with van der Waals surface area (Å²) in [6.45, 7) is 4.29. The molecule has 0 bridgehead atoms. The third-order valence-electron chi connectivity index (χ3n) is 3.52. The van der Waals surface area contributed by atoms with Crippen LogP contribution in [-0.4, -0.2) is 41.1 Å². The van der Waals surface area contributed by atoms with Crippen LogP contribution in [0, 0.1) is 0 Å². The molecule has 0 aromatic heterocycles. The zero-order valence-electron chi connectivity index (χ0n) is 12.0. The maximum Gasteiger partial charge on any atom is 0.305 e. The average molecular weight is 356 g/mol. The normalized spacial score (nSPS) is 16.5. The second-order valence-electron chi connectivity index (χ2n) is 5.31. The molecule has 1 unspecified atom stereocenters. The number of benzene rings is 1. The number of hydrogen-bond acceptors (Lipinski definition) is 3. The molecular weight excluding hydrogens is 338 g/mol. The van der Waals surface area contributed by atoms with E-state index in [1.54, 1.807) is 4.90 Å². The summed E-state index contributed by atoms with van der Waals surface area (Å²) in [6, 6.07) is 5.55. The Kier molecular flexibility index (Phi) is 4.88. The number of ether oxygens (including phenoxy) is 1. The van der Waals surface area contributed by atoms with Crippen molar-refractivity contribution in [2.75, 3.05) is 13.2 Å².